The largest absolute Gasteiger partial charge is 0.504 e. The Hall–Kier alpha value is -1.97. The van der Waals surface area contributed by atoms with Crippen LogP contribution in [0, 0.1) is 0 Å². The van der Waals surface area contributed by atoms with E-state index in [9.17, 15) is 9.90 Å². The molecule has 0 atom stereocenters. The Morgan fingerprint density at radius 3 is 2.93 bits per heavy atom. The molecule has 14 heavy (non-hydrogen) atoms. The van der Waals surface area contributed by atoms with Crippen LogP contribution in [0.3, 0.4) is 0 Å². The van der Waals surface area contributed by atoms with Crippen molar-refractivity contribution in [2.45, 2.75) is 0 Å². The molecule has 0 saturated carbocycles. The summed E-state index contributed by atoms with van der Waals surface area (Å²) < 4.78 is 5.02. The number of aromatic nitrogens is 1. The van der Waals surface area contributed by atoms with Crippen LogP contribution in [0.15, 0.2) is 18.3 Å². The molecule has 0 aliphatic carbocycles. The number of methoxy groups -OCH3 is 1. The molecule has 2 N–H and O–H groups in total. The van der Waals surface area contributed by atoms with Crippen molar-refractivity contribution < 1.29 is 14.6 Å². The third kappa shape index (κ3) is 1.04. The lowest BCUT2D eigenvalue weighted by molar-refractivity contribution is 0.112. The van der Waals surface area contributed by atoms with E-state index in [0.29, 0.717) is 16.8 Å². The van der Waals surface area contributed by atoms with Crippen LogP contribution in [0.25, 0.3) is 10.9 Å². The first-order chi connectivity index (χ1) is 6.77. The molecule has 1 aromatic carbocycles. The van der Waals surface area contributed by atoms with Gasteiger partial charge in [0.05, 0.1) is 12.6 Å². The number of rotatable bonds is 2. The average molecular weight is 191 g/mol. The third-order valence-electron chi connectivity index (χ3n) is 2.15. The molecular weight excluding hydrogens is 182 g/mol. The minimum Gasteiger partial charge on any atom is -0.504 e. The molecule has 4 heteroatoms. The van der Waals surface area contributed by atoms with E-state index in [1.807, 2.05) is 0 Å². The van der Waals surface area contributed by atoms with Crippen molar-refractivity contribution in [2.24, 2.45) is 0 Å². The van der Waals surface area contributed by atoms with Gasteiger partial charge < -0.3 is 14.8 Å². The molecule has 0 saturated heterocycles. The van der Waals surface area contributed by atoms with E-state index in [4.69, 9.17) is 4.74 Å². The van der Waals surface area contributed by atoms with Crippen LogP contribution in [0.4, 0.5) is 0 Å². The minimum atomic E-state index is 0.0549. The van der Waals surface area contributed by atoms with Crippen LogP contribution in [0.1, 0.15) is 10.4 Å². The maximum Gasteiger partial charge on any atom is 0.184 e. The molecule has 0 fully saturated rings. The topological polar surface area (TPSA) is 62.3 Å². The highest BCUT2D eigenvalue weighted by atomic mass is 16.5. The van der Waals surface area contributed by atoms with Crippen molar-refractivity contribution in [1.82, 2.24) is 4.98 Å². The molecule has 0 aliphatic rings. The number of hydrogen-bond donors (Lipinski definition) is 2. The van der Waals surface area contributed by atoms with E-state index in [-0.39, 0.29) is 5.75 Å². The number of aromatic amines is 1. The summed E-state index contributed by atoms with van der Waals surface area (Å²) >= 11 is 0. The predicted molar refractivity (Wildman–Crippen MR) is 51.9 cm³/mol. The van der Waals surface area contributed by atoms with Crippen LogP contribution >= 0.6 is 0 Å². The van der Waals surface area contributed by atoms with Crippen molar-refractivity contribution in [3.8, 4) is 11.5 Å². The normalized spacial score (nSPS) is 10.4. The fraction of sp³-hybridized carbons (Fsp3) is 0.100. The number of nitrogens with one attached hydrogen (secondary N) is 1. The summed E-state index contributed by atoms with van der Waals surface area (Å²) in [5.74, 6) is 0.412. The Balaban J connectivity index is 2.83. The average Bonchev–Trinajstić information content (AvgIpc) is 2.60. The van der Waals surface area contributed by atoms with Gasteiger partial charge in [-0.15, -0.1) is 0 Å². The van der Waals surface area contributed by atoms with Gasteiger partial charge in [-0.3, -0.25) is 4.79 Å². The summed E-state index contributed by atoms with van der Waals surface area (Å²) in [6.07, 6.45) is 2.34. The summed E-state index contributed by atoms with van der Waals surface area (Å²) in [5.41, 5.74) is 1.19. The third-order valence-corrected chi connectivity index (χ3v) is 2.15. The standard InChI is InChI=1S/C10H9NO3/c1-14-10-8(13)3-2-7-6(5-12)4-11-9(7)10/h2-5,11,13H,1H3. The van der Waals surface area contributed by atoms with Crippen molar-refractivity contribution in [3.05, 3.63) is 23.9 Å². The van der Waals surface area contributed by atoms with Crippen LogP contribution in [0.5, 0.6) is 11.5 Å². The Morgan fingerprint density at radius 1 is 1.50 bits per heavy atom. The molecule has 4 nitrogen and oxygen atoms in total. The van der Waals surface area contributed by atoms with E-state index >= 15 is 0 Å². The SMILES string of the molecule is COc1c(O)ccc2c(C=O)c[nH]c12. The van der Waals surface area contributed by atoms with Gasteiger partial charge in [0.15, 0.2) is 17.8 Å². The minimum absolute atomic E-state index is 0.0549. The van der Waals surface area contributed by atoms with Gasteiger partial charge in [0.1, 0.15) is 0 Å². The molecule has 0 spiro atoms. The molecule has 1 heterocycles. The first kappa shape index (κ1) is 8.62. The van der Waals surface area contributed by atoms with Gasteiger partial charge in [0.2, 0.25) is 0 Å². The van der Waals surface area contributed by atoms with Gasteiger partial charge in [0, 0.05) is 17.1 Å². The van der Waals surface area contributed by atoms with Crippen molar-refractivity contribution in [3.63, 3.8) is 0 Å². The number of phenolic OH excluding ortho intramolecular Hbond substituents is 1. The monoisotopic (exact) mass is 191 g/mol. The molecule has 2 rings (SSSR count). The Labute approximate surface area is 80.1 Å². The number of fused-ring (bicyclic) bond motifs is 1. The highest BCUT2D eigenvalue weighted by molar-refractivity contribution is 6.00. The van der Waals surface area contributed by atoms with Crippen molar-refractivity contribution >= 4 is 17.2 Å². The first-order valence-electron chi connectivity index (χ1n) is 4.10. The van der Waals surface area contributed by atoms with E-state index in [1.54, 1.807) is 12.3 Å². The van der Waals surface area contributed by atoms with E-state index in [0.717, 1.165) is 11.7 Å². The van der Waals surface area contributed by atoms with Crippen molar-refractivity contribution in [1.29, 1.82) is 0 Å². The second-order valence-electron chi connectivity index (χ2n) is 2.90. The Morgan fingerprint density at radius 2 is 2.29 bits per heavy atom. The Kier molecular flexibility index (Phi) is 1.89. The predicted octanol–water partition coefficient (Wildman–Crippen LogP) is 1.69. The second-order valence-corrected chi connectivity index (χ2v) is 2.90. The summed E-state index contributed by atoms with van der Waals surface area (Å²) in [4.78, 5) is 13.5. The lowest BCUT2D eigenvalue weighted by Gasteiger charge is -2.03. The smallest absolute Gasteiger partial charge is 0.184 e. The molecule has 2 aromatic rings. The number of H-pyrrole nitrogens is 1. The highest BCUT2D eigenvalue weighted by Crippen LogP contribution is 2.34. The highest BCUT2D eigenvalue weighted by Gasteiger charge is 2.10. The molecule has 0 radical (unpaired) electrons. The number of ether oxygens (including phenoxy) is 1. The Bertz CT molecular complexity index is 487. The van der Waals surface area contributed by atoms with Gasteiger partial charge in [-0.05, 0) is 12.1 Å². The molecule has 0 amide bonds. The van der Waals surface area contributed by atoms with Gasteiger partial charge in [-0.25, -0.2) is 0 Å². The quantitative estimate of drug-likeness (QED) is 0.710. The zero-order valence-electron chi connectivity index (χ0n) is 7.57. The molecule has 0 aliphatic heterocycles. The number of benzene rings is 1. The van der Waals surface area contributed by atoms with E-state index in [2.05, 4.69) is 4.98 Å². The number of hydrogen-bond acceptors (Lipinski definition) is 3. The van der Waals surface area contributed by atoms with Crippen molar-refractivity contribution in [2.75, 3.05) is 7.11 Å². The zero-order valence-corrected chi connectivity index (χ0v) is 7.57. The summed E-state index contributed by atoms with van der Waals surface area (Å²) in [6, 6.07) is 3.18. The van der Waals surface area contributed by atoms with Gasteiger partial charge in [-0.1, -0.05) is 0 Å². The van der Waals surface area contributed by atoms with Crippen LogP contribution in [-0.2, 0) is 0 Å². The number of carbonyl (C=O) groups excluding carboxylic acids is 1. The zero-order chi connectivity index (χ0) is 10.1. The van der Waals surface area contributed by atoms with Crippen LogP contribution in [0.2, 0.25) is 0 Å². The summed E-state index contributed by atoms with van der Waals surface area (Å²) in [6.45, 7) is 0. The van der Waals surface area contributed by atoms with Crippen LogP contribution in [-0.4, -0.2) is 23.5 Å². The molecular formula is C10H9NO3. The first-order valence-corrected chi connectivity index (χ1v) is 4.10. The number of aldehydes is 1. The molecule has 1 aromatic heterocycles. The maximum absolute atomic E-state index is 10.6. The lowest BCUT2D eigenvalue weighted by Crippen LogP contribution is -1.85. The number of phenols is 1. The fourth-order valence-electron chi connectivity index (χ4n) is 1.49. The van der Waals surface area contributed by atoms with Crippen LogP contribution < -0.4 is 4.74 Å². The molecule has 0 bridgehead atoms. The maximum atomic E-state index is 10.6. The lowest BCUT2D eigenvalue weighted by atomic mass is 10.1. The number of aromatic hydroxyl groups is 1. The van der Waals surface area contributed by atoms with Gasteiger partial charge in [0.25, 0.3) is 0 Å². The van der Waals surface area contributed by atoms with Gasteiger partial charge in [-0.2, -0.15) is 0 Å². The number of carbonyl (C=O) groups is 1. The summed E-state index contributed by atoms with van der Waals surface area (Å²) in [7, 11) is 1.47. The van der Waals surface area contributed by atoms with E-state index < -0.39 is 0 Å². The van der Waals surface area contributed by atoms with Gasteiger partial charge >= 0.3 is 0 Å². The fourth-order valence-corrected chi connectivity index (χ4v) is 1.49. The summed E-state index contributed by atoms with van der Waals surface area (Å²) in [5, 5.41) is 10.2. The molecule has 72 valence electrons. The second kappa shape index (κ2) is 3.06. The van der Waals surface area contributed by atoms with E-state index in [1.165, 1.54) is 13.2 Å². The molecule has 0 unspecified atom stereocenters.